The van der Waals surface area contributed by atoms with Crippen molar-refractivity contribution in [2.24, 2.45) is 0 Å². The number of halogens is 1. The molecule has 0 N–H and O–H groups in total. The molecule has 0 aliphatic rings. The quantitative estimate of drug-likeness (QED) is 0.778. The smallest absolute Gasteiger partial charge is 0.254 e. The Kier molecular flexibility index (Phi) is 6.02. The molecule has 19 heavy (non-hydrogen) atoms. The molecule has 5 heteroatoms. The Balaban J connectivity index is 2.80. The van der Waals surface area contributed by atoms with Crippen molar-refractivity contribution in [3.63, 3.8) is 0 Å². The fraction of sp³-hybridized carbons (Fsp3) is 0.429. The van der Waals surface area contributed by atoms with Crippen molar-refractivity contribution in [1.29, 1.82) is 0 Å². The zero-order valence-electron chi connectivity index (χ0n) is 11.5. The molecule has 0 aliphatic heterocycles. The van der Waals surface area contributed by atoms with E-state index in [4.69, 9.17) is 0 Å². The van der Waals surface area contributed by atoms with E-state index in [1.165, 1.54) is 4.90 Å². The third kappa shape index (κ3) is 4.35. The Hall–Kier alpha value is -1.36. The van der Waals surface area contributed by atoms with E-state index in [0.29, 0.717) is 12.1 Å². The zero-order valence-corrected chi connectivity index (χ0v) is 13.1. The van der Waals surface area contributed by atoms with Crippen LogP contribution in [0.4, 0.5) is 0 Å². The highest BCUT2D eigenvalue weighted by Crippen LogP contribution is 2.10. The van der Waals surface area contributed by atoms with Gasteiger partial charge in [-0.1, -0.05) is 28.1 Å². The first kappa shape index (κ1) is 15.7. The molecule has 104 valence electrons. The van der Waals surface area contributed by atoms with Crippen LogP contribution in [0.25, 0.3) is 0 Å². The summed E-state index contributed by atoms with van der Waals surface area (Å²) in [5.41, 5.74) is 1.72. The summed E-state index contributed by atoms with van der Waals surface area (Å²) in [5, 5.41) is 0.762. The van der Waals surface area contributed by atoms with Gasteiger partial charge in [0.25, 0.3) is 5.91 Å². The van der Waals surface area contributed by atoms with Crippen molar-refractivity contribution >= 4 is 27.7 Å². The minimum atomic E-state index is -0.112. The third-order valence-corrected chi connectivity index (χ3v) is 3.50. The minimum absolute atomic E-state index is 0.0766. The molecule has 1 aromatic rings. The molecular weight excluding hydrogens is 308 g/mol. The number of amides is 2. The van der Waals surface area contributed by atoms with Crippen LogP contribution in [0.3, 0.4) is 0 Å². The Morgan fingerprint density at radius 2 is 1.74 bits per heavy atom. The van der Waals surface area contributed by atoms with Gasteiger partial charge >= 0.3 is 0 Å². The summed E-state index contributed by atoms with van der Waals surface area (Å²) in [6.07, 6.45) is 0. The highest BCUT2D eigenvalue weighted by atomic mass is 79.9. The van der Waals surface area contributed by atoms with E-state index >= 15 is 0 Å². The molecule has 0 saturated heterocycles. The summed E-state index contributed by atoms with van der Waals surface area (Å²) in [6.45, 7) is 2.49. The molecule has 4 nitrogen and oxygen atoms in total. The normalized spacial score (nSPS) is 10.1. The first-order chi connectivity index (χ1) is 8.99. The van der Waals surface area contributed by atoms with Crippen molar-refractivity contribution in [2.75, 3.05) is 27.2 Å². The van der Waals surface area contributed by atoms with Crippen molar-refractivity contribution < 1.29 is 9.59 Å². The number of carbonyl (C=O) groups excluding carboxylic acids is 2. The van der Waals surface area contributed by atoms with Crippen molar-refractivity contribution in [2.45, 2.75) is 12.3 Å². The highest BCUT2D eigenvalue weighted by molar-refractivity contribution is 9.08. The van der Waals surface area contributed by atoms with Crippen LogP contribution in [-0.2, 0) is 10.1 Å². The van der Waals surface area contributed by atoms with Gasteiger partial charge in [-0.2, -0.15) is 0 Å². The van der Waals surface area contributed by atoms with Crippen LogP contribution in [0, 0.1) is 0 Å². The molecular formula is C14H19BrN2O2. The van der Waals surface area contributed by atoms with Crippen molar-refractivity contribution in [1.82, 2.24) is 9.80 Å². The predicted molar refractivity (Wildman–Crippen MR) is 79.3 cm³/mol. The van der Waals surface area contributed by atoms with E-state index in [1.807, 2.05) is 19.1 Å². The van der Waals surface area contributed by atoms with Gasteiger partial charge in [0.05, 0.1) is 6.54 Å². The number of benzene rings is 1. The second kappa shape index (κ2) is 7.28. The number of hydrogen-bond acceptors (Lipinski definition) is 2. The summed E-state index contributed by atoms with van der Waals surface area (Å²) in [7, 11) is 3.37. The van der Waals surface area contributed by atoms with E-state index in [-0.39, 0.29) is 18.4 Å². The molecule has 1 rings (SSSR count). The molecule has 0 unspecified atom stereocenters. The predicted octanol–water partition coefficient (Wildman–Crippen LogP) is 2.13. The van der Waals surface area contributed by atoms with Crippen molar-refractivity contribution in [3.05, 3.63) is 35.4 Å². The van der Waals surface area contributed by atoms with Crippen LogP contribution in [0.5, 0.6) is 0 Å². The Bertz CT molecular complexity index is 443. The molecule has 0 radical (unpaired) electrons. The Morgan fingerprint density at radius 3 is 2.16 bits per heavy atom. The molecule has 2 amide bonds. The lowest BCUT2D eigenvalue weighted by atomic mass is 10.1. The number of nitrogens with zero attached hydrogens (tertiary/aromatic N) is 2. The molecule has 0 fully saturated rings. The Morgan fingerprint density at radius 1 is 1.16 bits per heavy atom. The van der Waals surface area contributed by atoms with E-state index in [2.05, 4.69) is 15.9 Å². The second-order valence-electron chi connectivity index (χ2n) is 4.44. The number of likely N-dealkylation sites (N-methyl/N-ethyl adjacent to an activating group) is 2. The average molecular weight is 327 g/mol. The van der Waals surface area contributed by atoms with Gasteiger partial charge in [-0.3, -0.25) is 9.59 Å². The summed E-state index contributed by atoms with van der Waals surface area (Å²) >= 11 is 3.36. The van der Waals surface area contributed by atoms with Crippen LogP contribution in [-0.4, -0.2) is 48.8 Å². The van der Waals surface area contributed by atoms with Gasteiger partial charge in [0, 0.05) is 31.5 Å². The number of carbonyl (C=O) groups is 2. The van der Waals surface area contributed by atoms with E-state index in [0.717, 1.165) is 10.9 Å². The van der Waals surface area contributed by atoms with Gasteiger partial charge < -0.3 is 9.80 Å². The third-order valence-electron chi connectivity index (χ3n) is 2.85. The number of alkyl halides is 1. The SMILES string of the molecule is CCN(CC(=O)N(C)C)C(=O)c1ccc(CBr)cc1. The van der Waals surface area contributed by atoms with E-state index in [1.54, 1.807) is 31.1 Å². The summed E-state index contributed by atoms with van der Waals surface area (Å²) in [4.78, 5) is 27.0. The van der Waals surface area contributed by atoms with Crippen molar-refractivity contribution in [3.8, 4) is 0 Å². The second-order valence-corrected chi connectivity index (χ2v) is 5.00. The van der Waals surface area contributed by atoms with Crippen LogP contribution >= 0.6 is 15.9 Å². The maximum Gasteiger partial charge on any atom is 0.254 e. The molecule has 0 aromatic heterocycles. The number of rotatable bonds is 5. The molecule has 1 aromatic carbocycles. The van der Waals surface area contributed by atoms with Crippen LogP contribution < -0.4 is 0 Å². The fourth-order valence-electron chi connectivity index (χ4n) is 1.55. The largest absolute Gasteiger partial charge is 0.347 e. The van der Waals surface area contributed by atoms with Gasteiger partial charge in [-0.05, 0) is 24.6 Å². The minimum Gasteiger partial charge on any atom is -0.347 e. The molecule has 0 atom stereocenters. The molecule has 0 aliphatic carbocycles. The first-order valence-corrected chi connectivity index (χ1v) is 7.26. The monoisotopic (exact) mass is 326 g/mol. The van der Waals surface area contributed by atoms with Gasteiger partial charge in [-0.25, -0.2) is 0 Å². The maximum absolute atomic E-state index is 12.3. The highest BCUT2D eigenvalue weighted by Gasteiger charge is 2.17. The van der Waals surface area contributed by atoms with Gasteiger partial charge in [0.15, 0.2) is 0 Å². The average Bonchev–Trinajstić information content (AvgIpc) is 2.43. The lowest BCUT2D eigenvalue weighted by molar-refractivity contribution is -0.129. The van der Waals surface area contributed by atoms with Gasteiger partial charge in [0.2, 0.25) is 5.91 Å². The summed E-state index contributed by atoms with van der Waals surface area (Å²) < 4.78 is 0. The summed E-state index contributed by atoms with van der Waals surface area (Å²) in [5.74, 6) is -0.189. The van der Waals surface area contributed by atoms with E-state index in [9.17, 15) is 9.59 Å². The van der Waals surface area contributed by atoms with Gasteiger partial charge in [0.1, 0.15) is 0 Å². The topological polar surface area (TPSA) is 40.6 Å². The molecule has 0 spiro atoms. The fourth-order valence-corrected chi connectivity index (χ4v) is 1.92. The summed E-state index contributed by atoms with van der Waals surface area (Å²) in [6, 6.07) is 7.40. The van der Waals surface area contributed by atoms with Crippen LogP contribution in [0.1, 0.15) is 22.8 Å². The lowest BCUT2D eigenvalue weighted by Gasteiger charge is -2.22. The first-order valence-electron chi connectivity index (χ1n) is 6.14. The molecule has 0 saturated carbocycles. The van der Waals surface area contributed by atoms with E-state index < -0.39 is 0 Å². The number of hydrogen-bond donors (Lipinski definition) is 0. The van der Waals surface area contributed by atoms with Crippen LogP contribution in [0.2, 0.25) is 0 Å². The Labute approximate surface area is 122 Å². The molecule has 0 bridgehead atoms. The zero-order chi connectivity index (χ0) is 14.4. The lowest BCUT2D eigenvalue weighted by Crippen LogP contribution is -2.40. The standard InChI is InChI=1S/C14H19BrN2O2/c1-4-17(10-13(18)16(2)3)14(19)12-7-5-11(9-15)6-8-12/h5-8H,4,9-10H2,1-3H3. The maximum atomic E-state index is 12.3. The molecule has 0 heterocycles. The van der Waals surface area contributed by atoms with Gasteiger partial charge in [-0.15, -0.1) is 0 Å². The van der Waals surface area contributed by atoms with Crippen LogP contribution in [0.15, 0.2) is 24.3 Å².